The Bertz CT molecular complexity index is 1170. The number of aliphatic imine (C=N–C) groups is 2. The topological polar surface area (TPSA) is 80.6 Å². The Morgan fingerprint density at radius 2 is 1.66 bits per heavy atom. The number of piperidine rings is 1. The molecule has 0 unspecified atom stereocenters. The van der Waals surface area contributed by atoms with E-state index in [1.807, 2.05) is 30.5 Å². The molecular weight excluding hydrogens is 470 g/mol. The second-order valence-corrected chi connectivity index (χ2v) is 10.7. The summed E-state index contributed by atoms with van der Waals surface area (Å²) in [6, 6.07) is 12.2. The van der Waals surface area contributed by atoms with Gasteiger partial charge in [-0.1, -0.05) is 23.7 Å². The number of thioether (sulfide) groups is 1. The van der Waals surface area contributed by atoms with Crippen molar-refractivity contribution in [2.24, 2.45) is 9.98 Å². The quantitative estimate of drug-likeness (QED) is 0.626. The molecule has 1 fully saturated rings. The Morgan fingerprint density at radius 1 is 1.00 bits per heavy atom. The lowest BCUT2D eigenvalue weighted by Gasteiger charge is -2.34. The Kier molecular flexibility index (Phi) is 6.53. The SMILES string of the molecule is COc1ccc(S(=O)(=O)N2CCC3(CC2)N=C(SC)C(c2ccc(Cl)cc2)=N3)cc1OC. The molecular formula is C22H24ClN3O4S2. The van der Waals surface area contributed by atoms with Crippen LogP contribution in [0.3, 0.4) is 0 Å². The van der Waals surface area contributed by atoms with Crippen molar-refractivity contribution in [3.63, 3.8) is 0 Å². The fourth-order valence-corrected chi connectivity index (χ4v) is 6.10. The molecule has 7 nitrogen and oxygen atoms in total. The molecule has 0 atom stereocenters. The summed E-state index contributed by atoms with van der Waals surface area (Å²) in [7, 11) is -0.678. The van der Waals surface area contributed by atoms with Crippen molar-refractivity contribution in [3.8, 4) is 11.5 Å². The van der Waals surface area contributed by atoms with E-state index >= 15 is 0 Å². The molecule has 32 heavy (non-hydrogen) atoms. The van der Waals surface area contributed by atoms with E-state index in [4.69, 9.17) is 31.1 Å². The van der Waals surface area contributed by atoms with Crippen LogP contribution in [0.15, 0.2) is 57.3 Å². The van der Waals surface area contributed by atoms with Gasteiger partial charge in [-0.25, -0.2) is 13.4 Å². The molecule has 2 heterocycles. The molecule has 0 aromatic heterocycles. The molecule has 0 bridgehead atoms. The van der Waals surface area contributed by atoms with E-state index in [9.17, 15) is 8.42 Å². The molecule has 0 saturated carbocycles. The number of hydrogen-bond donors (Lipinski definition) is 0. The van der Waals surface area contributed by atoms with Gasteiger partial charge in [-0.2, -0.15) is 4.31 Å². The number of halogens is 1. The van der Waals surface area contributed by atoms with Gasteiger partial charge in [0, 0.05) is 42.6 Å². The van der Waals surface area contributed by atoms with Crippen molar-refractivity contribution in [2.75, 3.05) is 33.6 Å². The summed E-state index contributed by atoms with van der Waals surface area (Å²) in [5, 5.41) is 1.53. The van der Waals surface area contributed by atoms with Crippen molar-refractivity contribution >= 4 is 44.1 Å². The van der Waals surface area contributed by atoms with Gasteiger partial charge in [0.25, 0.3) is 0 Å². The summed E-state index contributed by atoms with van der Waals surface area (Å²) in [5.41, 5.74) is 1.17. The minimum Gasteiger partial charge on any atom is -0.493 e. The van der Waals surface area contributed by atoms with Crippen molar-refractivity contribution < 1.29 is 17.9 Å². The molecule has 0 N–H and O–H groups in total. The van der Waals surface area contributed by atoms with E-state index < -0.39 is 15.7 Å². The third-order valence-corrected chi connectivity index (χ3v) is 8.48. The van der Waals surface area contributed by atoms with Gasteiger partial charge in [-0.3, -0.25) is 4.99 Å². The first-order chi connectivity index (χ1) is 15.3. The van der Waals surface area contributed by atoms with E-state index in [-0.39, 0.29) is 4.90 Å². The van der Waals surface area contributed by atoms with Crippen LogP contribution in [0.1, 0.15) is 18.4 Å². The highest BCUT2D eigenvalue weighted by Crippen LogP contribution is 2.37. The maximum atomic E-state index is 13.2. The second kappa shape index (κ2) is 9.05. The van der Waals surface area contributed by atoms with Crippen LogP contribution in [0, 0.1) is 0 Å². The highest BCUT2D eigenvalue weighted by atomic mass is 35.5. The molecule has 0 radical (unpaired) electrons. The molecule has 1 spiro atoms. The maximum absolute atomic E-state index is 13.2. The fraction of sp³-hybridized carbons (Fsp3) is 0.364. The van der Waals surface area contributed by atoms with Gasteiger partial charge in [0.05, 0.1) is 24.8 Å². The van der Waals surface area contributed by atoms with Gasteiger partial charge in [-0.05, 0) is 30.5 Å². The van der Waals surface area contributed by atoms with Crippen LogP contribution < -0.4 is 9.47 Å². The summed E-state index contributed by atoms with van der Waals surface area (Å²) in [6.07, 6.45) is 3.00. The molecule has 170 valence electrons. The standard InChI is InChI=1S/C22H24ClN3O4S2/c1-29-18-9-8-17(14-19(18)30-2)32(27,28)26-12-10-22(11-13-26)24-20(21(25-22)31-3)15-4-6-16(23)7-5-15/h4-9,14H,10-13H2,1-3H3. The predicted octanol–water partition coefficient (Wildman–Crippen LogP) is 4.10. The zero-order valence-electron chi connectivity index (χ0n) is 18.0. The van der Waals surface area contributed by atoms with Crippen molar-refractivity contribution in [1.82, 2.24) is 4.31 Å². The van der Waals surface area contributed by atoms with E-state index in [1.165, 1.54) is 30.7 Å². The van der Waals surface area contributed by atoms with Crippen molar-refractivity contribution in [3.05, 3.63) is 53.1 Å². The van der Waals surface area contributed by atoms with Gasteiger partial charge in [0.2, 0.25) is 10.0 Å². The first-order valence-electron chi connectivity index (χ1n) is 10.0. The number of sulfonamides is 1. The highest BCUT2D eigenvalue weighted by molar-refractivity contribution is 8.15. The number of rotatable bonds is 5. The second-order valence-electron chi connectivity index (χ2n) is 7.49. The molecule has 10 heteroatoms. The molecule has 2 aliphatic heterocycles. The van der Waals surface area contributed by atoms with Crippen LogP contribution in [0.4, 0.5) is 0 Å². The van der Waals surface area contributed by atoms with E-state index in [2.05, 4.69) is 0 Å². The molecule has 4 rings (SSSR count). The summed E-state index contributed by atoms with van der Waals surface area (Å²) in [6.45, 7) is 0.665. The maximum Gasteiger partial charge on any atom is 0.243 e. The summed E-state index contributed by atoms with van der Waals surface area (Å²) in [5.74, 6) is 0.863. The lowest BCUT2D eigenvalue weighted by molar-refractivity contribution is 0.249. The molecule has 0 aliphatic carbocycles. The minimum absolute atomic E-state index is 0.177. The predicted molar refractivity (Wildman–Crippen MR) is 129 cm³/mol. The van der Waals surface area contributed by atoms with Crippen molar-refractivity contribution in [2.45, 2.75) is 23.4 Å². The van der Waals surface area contributed by atoms with Crippen LogP contribution in [-0.4, -0.2) is 62.7 Å². The Hall–Kier alpha value is -2.07. The van der Waals surface area contributed by atoms with E-state index in [0.29, 0.717) is 42.5 Å². The minimum atomic E-state index is -3.67. The number of nitrogens with zero attached hydrogens (tertiary/aromatic N) is 3. The van der Waals surface area contributed by atoms with Crippen LogP contribution >= 0.6 is 23.4 Å². The van der Waals surface area contributed by atoms with Crippen LogP contribution in [0.2, 0.25) is 5.02 Å². The number of benzene rings is 2. The van der Waals surface area contributed by atoms with Gasteiger partial charge < -0.3 is 9.47 Å². The van der Waals surface area contributed by atoms with Gasteiger partial charge in [0.1, 0.15) is 5.04 Å². The normalized spacial score (nSPS) is 18.4. The molecule has 2 aromatic rings. The molecule has 2 aromatic carbocycles. The van der Waals surface area contributed by atoms with E-state index in [1.54, 1.807) is 17.8 Å². The van der Waals surface area contributed by atoms with E-state index in [0.717, 1.165) is 16.3 Å². The average Bonchev–Trinajstić information content (AvgIpc) is 3.17. The largest absolute Gasteiger partial charge is 0.493 e. The number of hydrogen-bond acceptors (Lipinski definition) is 7. The fourth-order valence-electron chi connectivity index (χ4n) is 3.90. The Labute approximate surface area is 197 Å². The Balaban J connectivity index is 1.56. The number of ether oxygens (including phenoxy) is 2. The van der Waals surface area contributed by atoms with Crippen LogP contribution in [0.25, 0.3) is 0 Å². The third-order valence-electron chi connectivity index (χ3n) is 5.66. The van der Waals surface area contributed by atoms with Gasteiger partial charge in [-0.15, -0.1) is 11.8 Å². The molecule has 0 amide bonds. The summed E-state index contributed by atoms with van der Waals surface area (Å²) >= 11 is 7.57. The van der Waals surface area contributed by atoms with Crippen LogP contribution in [-0.2, 0) is 10.0 Å². The summed E-state index contributed by atoms with van der Waals surface area (Å²) < 4.78 is 38.4. The summed E-state index contributed by atoms with van der Waals surface area (Å²) in [4.78, 5) is 10.0. The van der Waals surface area contributed by atoms with Gasteiger partial charge in [0.15, 0.2) is 17.2 Å². The third kappa shape index (κ3) is 4.26. The monoisotopic (exact) mass is 493 g/mol. The zero-order valence-corrected chi connectivity index (χ0v) is 20.4. The van der Waals surface area contributed by atoms with Crippen molar-refractivity contribution in [1.29, 1.82) is 0 Å². The molecule has 2 aliphatic rings. The first kappa shape index (κ1) is 23.1. The lowest BCUT2D eigenvalue weighted by atomic mass is 10.00. The average molecular weight is 494 g/mol. The molecule has 1 saturated heterocycles. The Morgan fingerprint density at radius 3 is 2.25 bits per heavy atom. The number of methoxy groups -OCH3 is 2. The smallest absolute Gasteiger partial charge is 0.243 e. The lowest BCUT2D eigenvalue weighted by Crippen LogP contribution is -2.44. The zero-order chi connectivity index (χ0) is 22.9. The van der Waals surface area contributed by atoms with Crippen LogP contribution in [0.5, 0.6) is 11.5 Å². The first-order valence-corrected chi connectivity index (χ1v) is 13.1. The van der Waals surface area contributed by atoms with Gasteiger partial charge >= 0.3 is 0 Å². The highest BCUT2D eigenvalue weighted by Gasteiger charge is 2.42.